The summed E-state index contributed by atoms with van der Waals surface area (Å²) in [4.78, 5) is 25.2. The largest absolute Gasteiger partial charge is 0.369 e. The van der Waals surface area contributed by atoms with Crippen LogP contribution < -0.4 is 4.90 Å². The lowest BCUT2D eigenvalue weighted by Gasteiger charge is -2.36. The summed E-state index contributed by atoms with van der Waals surface area (Å²) in [5, 5.41) is 1.17. The van der Waals surface area contributed by atoms with E-state index < -0.39 is 0 Å². The summed E-state index contributed by atoms with van der Waals surface area (Å²) in [6.07, 6.45) is 6.15. The van der Waals surface area contributed by atoms with Crippen LogP contribution in [0.4, 0.5) is 5.69 Å². The van der Waals surface area contributed by atoms with E-state index in [-0.39, 0.29) is 5.92 Å². The number of anilines is 1. The lowest BCUT2D eigenvalue weighted by Crippen LogP contribution is -2.43. The van der Waals surface area contributed by atoms with Crippen LogP contribution in [0.1, 0.15) is 37.8 Å². The third-order valence-corrected chi connectivity index (χ3v) is 7.15. The standard InChI is InChI=1S/C24H32N4O/c1-18-9-10-19-5-2-8-22(23(19)25-18)28-14-11-20(17-28)24(29)27-13-4-12-26(15-16-27)21-6-3-7-21/h2,5,8-10,20-21H,3-4,6-7,11-17H2,1H3/t20-/m1/s1. The number of aryl methyl sites for hydroxylation is 1. The SMILES string of the molecule is Cc1ccc2cccc(N3CC[C@@H](C(=O)N4CCCN(C5CCC5)CC4)C3)c2n1. The highest BCUT2D eigenvalue weighted by Crippen LogP contribution is 2.31. The molecule has 2 aromatic rings. The highest BCUT2D eigenvalue weighted by atomic mass is 16.2. The van der Waals surface area contributed by atoms with Crippen LogP contribution in [-0.4, -0.2) is 66.0 Å². The minimum Gasteiger partial charge on any atom is -0.369 e. The van der Waals surface area contributed by atoms with E-state index in [1.165, 1.54) is 30.3 Å². The second kappa shape index (κ2) is 7.94. The van der Waals surface area contributed by atoms with Crippen LogP contribution in [0, 0.1) is 12.8 Å². The van der Waals surface area contributed by atoms with Gasteiger partial charge in [0.1, 0.15) is 0 Å². The average molecular weight is 393 g/mol. The minimum atomic E-state index is 0.116. The topological polar surface area (TPSA) is 39.7 Å². The number of pyridine rings is 1. The molecule has 2 saturated heterocycles. The maximum atomic E-state index is 13.3. The van der Waals surface area contributed by atoms with E-state index in [0.717, 1.165) is 69.4 Å². The highest BCUT2D eigenvalue weighted by molar-refractivity contribution is 5.91. The van der Waals surface area contributed by atoms with Gasteiger partial charge in [0.2, 0.25) is 5.91 Å². The first-order valence-electron chi connectivity index (χ1n) is 11.3. The van der Waals surface area contributed by atoms with E-state index >= 15 is 0 Å². The molecule has 5 nitrogen and oxygen atoms in total. The molecule has 1 atom stereocenters. The lowest BCUT2D eigenvalue weighted by molar-refractivity contribution is -0.134. The molecule has 29 heavy (non-hydrogen) atoms. The number of benzene rings is 1. The first-order valence-corrected chi connectivity index (χ1v) is 11.3. The van der Waals surface area contributed by atoms with Gasteiger partial charge in [-0.1, -0.05) is 24.6 Å². The fourth-order valence-electron chi connectivity index (χ4n) is 5.20. The molecule has 1 aromatic carbocycles. The van der Waals surface area contributed by atoms with Crippen LogP contribution in [-0.2, 0) is 4.79 Å². The first kappa shape index (κ1) is 18.9. The van der Waals surface area contributed by atoms with Crippen molar-refractivity contribution in [2.45, 2.75) is 45.1 Å². The van der Waals surface area contributed by atoms with E-state index in [0.29, 0.717) is 5.91 Å². The number of amides is 1. The summed E-state index contributed by atoms with van der Waals surface area (Å²) >= 11 is 0. The van der Waals surface area contributed by atoms with E-state index in [2.05, 4.69) is 45.0 Å². The molecule has 5 rings (SSSR count). The van der Waals surface area contributed by atoms with Gasteiger partial charge in [0.25, 0.3) is 0 Å². The van der Waals surface area contributed by atoms with E-state index in [4.69, 9.17) is 4.98 Å². The maximum Gasteiger partial charge on any atom is 0.227 e. The van der Waals surface area contributed by atoms with Crippen LogP contribution in [0.25, 0.3) is 10.9 Å². The summed E-state index contributed by atoms with van der Waals surface area (Å²) in [5.41, 5.74) is 3.28. The molecule has 2 aliphatic heterocycles. The van der Waals surface area contributed by atoms with Crippen LogP contribution in [0.2, 0.25) is 0 Å². The third kappa shape index (κ3) is 3.73. The van der Waals surface area contributed by atoms with E-state index in [9.17, 15) is 4.79 Å². The second-order valence-corrected chi connectivity index (χ2v) is 9.03. The number of hydrogen-bond acceptors (Lipinski definition) is 4. The molecule has 0 bridgehead atoms. The molecule has 1 aromatic heterocycles. The number of carbonyl (C=O) groups excluding carboxylic acids is 1. The van der Waals surface area contributed by atoms with Gasteiger partial charge in [0, 0.05) is 56.4 Å². The number of hydrogen-bond donors (Lipinski definition) is 0. The van der Waals surface area contributed by atoms with Crippen molar-refractivity contribution in [3.63, 3.8) is 0 Å². The van der Waals surface area contributed by atoms with Crippen molar-refractivity contribution in [1.82, 2.24) is 14.8 Å². The Morgan fingerprint density at radius 2 is 1.86 bits per heavy atom. The monoisotopic (exact) mass is 392 g/mol. The number of fused-ring (bicyclic) bond motifs is 1. The summed E-state index contributed by atoms with van der Waals surface area (Å²) in [7, 11) is 0. The summed E-state index contributed by atoms with van der Waals surface area (Å²) in [5.74, 6) is 0.484. The highest BCUT2D eigenvalue weighted by Gasteiger charge is 2.34. The van der Waals surface area contributed by atoms with E-state index in [1.807, 2.05) is 6.92 Å². The number of nitrogens with zero attached hydrogens (tertiary/aromatic N) is 4. The molecule has 154 valence electrons. The molecule has 1 aliphatic carbocycles. The zero-order valence-corrected chi connectivity index (χ0v) is 17.5. The number of aromatic nitrogens is 1. The second-order valence-electron chi connectivity index (χ2n) is 9.03. The van der Waals surface area contributed by atoms with Gasteiger partial charge >= 0.3 is 0 Å². The van der Waals surface area contributed by atoms with Crippen LogP contribution in [0.3, 0.4) is 0 Å². The maximum absolute atomic E-state index is 13.3. The van der Waals surface area contributed by atoms with Gasteiger partial charge in [-0.15, -0.1) is 0 Å². The van der Waals surface area contributed by atoms with Gasteiger partial charge in [0.15, 0.2) is 0 Å². The Morgan fingerprint density at radius 1 is 0.966 bits per heavy atom. The van der Waals surface area contributed by atoms with E-state index in [1.54, 1.807) is 0 Å². The van der Waals surface area contributed by atoms with Crippen molar-refractivity contribution in [3.05, 3.63) is 36.0 Å². The molecule has 1 amide bonds. The Labute approximate surface area is 173 Å². The normalized spacial score (nSPS) is 24.0. The Morgan fingerprint density at radius 3 is 2.69 bits per heavy atom. The van der Waals surface area contributed by atoms with Crippen molar-refractivity contribution >= 4 is 22.5 Å². The van der Waals surface area contributed by atoms with Crippen LogP contribution in [0.5, 0.6) is 0 Å². The molecule has 0 N–H and O–H groups in total. The summed E-state index contributed by atoms with van der Waals surface area (Å²) in [6, 6.07) is 11.4. The third-order valence-electron chi connectivity index (χ3n) is 7.15. The molecule has 0 radical (unpaired) electrons. The van der Waals surface area contributed by atoms with Crippen LogP contribution in [0.15, 0.2) is 30.3 Å². The predicted molar refractivity (Wildman–Crippen MR) is 117 cm³/mol. The lowest BCUT2D eigenvalue weighted by atomic mass is 9.91. The van der Waals surface area contributed by atoms with Gasteiger partial charge in [-0.05, 0) is 44.7 Å². The molecule has 3 aliphatic rings. The fraction of sp³-hybridized carbons (Fsp3) is 0.583. The predicted octanol–water partition coefficient (Wildman–Crippen LogP) is 3.46. The van der Waals surface area contributed by atoms with Gasteiger partial charge in [-0.25, -0.2) is 0 Å². The van der Waals surface area contributed by atoms with Crippen molar-refractivity contribution in [2.24, 2.45) is 5.92 Å². The Bertz CT molecular complexity index is 894. The number of rotatable bonds is 3. The smallest absolute Gasteiger partial charge is 0.227 e. The Balaban J connectivity index is 1.26. The zero-order valence-electron chi connectivity index (χ0n) is 17.5. The van der Waals surface area contributed by atoms with Crippen molar-refractivity contribution < 1.29 is 4.79 Å². The number of para-hydroxylation sites is 1. The van der Waals surface area contributed by atoms with Gasteiger partial charge in [0.05, 0.1) is 17.1 Å². The Hall–Kier alpha value is -2.14. The Kier molecular flexibility index (Phi) is 5.17. The molecule has 3 heterocycles. The number of carbonyl (C=O) groups is 1. The van der Waals surface area contributed by atoms with Crippen molar-refractivity contribution in [3.8, 4) is 0 Å². The fourth-order valence-corrected chi connectivity index (χ4v) is 5.20. The molecule has 0 spiro atoms. The zero-order chi connectivity index (χ0) is 19.8. The summed E-state index contributed by atoms with van der Waals surface area (Å²) in [6.45, 7) is 7.84. The van der Waals surface area contributed by atoms with Crippen molar-refractivity contribution in [2.75, 3.05) is 44.2 Å². The quantitative estimate of drug-likeness (QED) is 0.802. The average Bonchev–Trinajstić information content (AvgIpc) is 3.06. The van der Waals surface area contributed by atoms with Gasteiger partial charge < -0.3 is 9.80 Å². The van der Waals surface area contributed by atoms with Crippen LogP contribution >= 0.6 is 0 Å². The van der Waals surface area contributed by atoms with Gasteiger partial charge in [-0.3, -0.25) is 14.7 Å². The molecule has 3 fully saturated rings. The van der Waals surface area contributed by atoms with Gasteiger partial charge in [-0.2, -0.15) is 0 Å². The molecular formula is C24H32N4O. The first-order chi connectivity index (χ1) is 14.2. The molecule has 1 saturated carbocycles. The summed E-state index contributed by atoms with van der Waals surface area (Å²) < 4.78 is 0. The minimum absolute atomic E-state index is 0.116. The molecule has 5 heteroatoms. The molecule has 0 unspecified atom stereocenters. The van der Waals surface area contributed by atoms with Crippen molar-refractivity contribution in [1.29, 1.82) is 0 Å². The molecular weight excluding hydrogens is 360 g/mol.